The zero-order chi connectivity index (χ0) is 23.7. The van der Waals surface area contributed by atoms with Crippen LogP contribution in [0.1, 0.15) is 37.4 Å². The summed E-state index contributed by atoms with van der Waals surface area (Å²) < 4.78 is 5.34. The van der Waals surface area contributed by atoms with Gasteiger partial charge >= 0.3 is 5.97 Å². The Morgan fingerprint density at radius 3 is 2.47 bits per heavy atom. The lowest BCUT2D eigenvalue weighted by Gasteiger charge is -2.08. The summed E-state index contributed by atoms with van der Waals surface area (Å²) in [5.74, 6) is -1.27. The van der Waals surface area contributed by atoms with Gasteiger partial charge in [-0.1, -0.05) is 18.2 Å². The number of aromatic carboxylic acids is 1. The first kappa shape index (κ1) is 21.2. The van der Waals surface area contributed by atoms with Crippen LogP contribution >= 0.6 is 0 Å². The second-order valence-electron chi connectivity index (χ2n) is 8.06. The quantitative estimate of drug-likeness (QED) is 0.351. The van der Waals surface area contributed by atoms with Gasteiger partial charge in [0.15, 0.2) is 5.43 Å². The molecule has 0 atom stereocenters. The number of carbonyl (C=O) groups is 2. The Morgan fingerprint density at radius 1 is 0.912 bits per heavy atom. The number of carboxylic acids is 1. The van der Waals surface area contributed by atoms with E-state index in [-0.39, 0.29) is 16.9 Å². The number of nitrogens with one attached hydrogen (secondary N) is 2. The van der Waals surface area contributed by atoms with Crippen molar-refractivity contribution in [2.45, 2.75) is 13.0 Å². The first-order valence-corrected chi connectivity index (χ1v) is 10.7. The third-order valence-electron chi connectivity index (χ3n) is 5.79. The van der Waals surface area contributed by atoms with Gasteiger partial charge < -0.3 is 19.8 Å². The van der Waals surface area contributed by atoms with E-state index in [2.05, 4.69) is 10.3 Å². The highest BCUT2D eigenvalue weighted by atomic mass is 16.4. The fraction of sp³-hybridized carbons (Fsp3) is 0.0741. The average molecular weight is 452 g/mol. The second kappa shape index (κ2) is 8.71. The number of amides is 1. The van der Waals surface area contributed by atoms with Crippen LogP contribution in [0.5, 0.6) is 0 Å². The molecule has 5 aromatic rings. The van der Waals surface area contributed by atoms with Crippen molar-refractivity contribution in [1.82, 2.24) is 10.3 Å². The van der Waals surface area contributed by atoms with Crippen LogP contribution in [0.25, 0.3) is 21.9 Å². The number of carboxylic acid groups (broad SMARTS) is 1. The molecule has 0 bridgehead atoms. The van der Waals surface area contributed by atoms with Crippen molar-refractivity contribution < 1.29 is 19.1 Å². The fourth-order valence-corrected chi connectivity index (χ4v) is 3.93. The number of furan rings is 1. The Balaban J connectivity index is 1.36. The van der Waals surface area contributed by atoms with Crippen LogP contribution in [-0.4, -0.2) is 22.0 Å². The summed E-state index contributed by atoms with van der Waals surface area (Å²) >= 11 is 0. The summed E-state index contributed by atoms with van der Waals surface area (Å²) in [5, 5.41) is 13.3. The third-order valence-corrected chi connectivity index (χ3v) is 5.79. The molecule has 3 N–H and O–H groups in total. The van der Waals surface area contributed by atoms with Gasteiger partial charge in [-0.15, -0.1) is 0 Å². The van der Waals surface area contributed by atoms with E-state index < -0.39 is 5.97 Å². The zero-order valence-corrected chi connectivity index (χ0v) is 18.0. The standard InChI is InChI=1S/C27H20N2O5/c30-25-21(11-16-1-4-18(5-2-16)27(32)33)15-28-23-7-6-20(13-22(23)25)26(31)29-14-17-3-8-24-19(12-17)9-10-34-24/h1-10,12-13,15H,11,14H2,(H,28,30)(H,29,31)(H,32,33). The van der Waals surface area contributed by atoms with Gasteiger partial charge in [-0.3, -0.25) is 9.59 Å². The molecule has 7 nitrogen and oxygen atoms in total. The molecule has 0 spiro atoms. The zero-order valence-electron chi connectivity index (χ0n) is 18.0. The number of fused-ring (bicyclic) bond motifs is 2. The average Bonchev–Trinajstić information content (AvgIpc) is 3.32. The van der Waals surface area contributed by atoms with Crippen LogP contribution in [0, 0.1) is 0 Å². The predicted octanol–water partition coefficient (Wildman–Crippen LogP) is 4.49. The van der Waals surface area contributed by atoms with Gasteiger partial charge in [0.25, 0.3) is 5.91 Å². The summed E-state index contributed by atoms with van der Waals surface area (Å²) in [6.45, 7) is 0.348. The van der Waals surface area contributed by atoms with E-state index in [1.807, 2.05) is 24.3 Å². The van der Waals surface area contributed by atoms with Crippen LogP contribution in [0.15, 0.2) is 88.4 Å². The smallest absolute Gasteiger partial charge is 0.335 e. The van der Waals surface area contributed by atoms with Crippen LogP contribution in [0.4, 0.5) is 0 Å². The lowest BCUT2D eigenvalue weighted by molar-refractivity contribution is 0.0696. The number of pyridine rings is 1. The molecule has 5 rings (SSSR count). The van der Waals surface area contributed by atoms with E-state index in [0.29, 0.717) is 35.0 Å². The molecule has 0 aliphatic heterocycles. The van der Waals surface area contributed by atoms with Crippen molar-refractivity contribution in [3.05, 3.63) is 117 Å². The van der Waals surface area contributed by atoms with Gasteiger partial charge in [0.2, 0.25) is 0 Å². The van der Waals surface area contributed by atoms with Gasteiger partial charge in [0.05, 0.1) is 11.8 Å². The molecule has 168 valence electrons. The molecule has 2 aromatic heterocycles. The second-order valence-corrected chi connectivity index (χ2v) is 8.06. The Morgan fingerprint density at radius 2 is 1.68 bits per heavy atom. The van der Waals surface area contributed by atoms with E-state index in [0.717, 1.165) is 22.1 Å². The van der Waals surface area contributed by atoms with Crippen LogP contribution in [0.3, 0.4) is 0 Å². The molecule has 0 saturated heterocycles. The minimum absolute atomic E-state index is 0.170. The van der Waals surface area contributed by atoms with Gasteiger partial charge in [-0.2, -0.15) is 0 Å². The molecule has 0 fully saturated rings. The number of hydrogen-bond acceptors (Lipinski definition) is 4. The molecule has 2 heterocycles. The van der Waals surface area contributed by atoms with Crippen molar-refractivity contribution in [3.63, 3.8) is 0 Å². The molecule has 0 unspecified atom stereocenters. The highest BCUT2D eigenvalue weighted by Crippen LogP contribution is 2.18. The summed E-state index contributed by atoms with van der Waals surface area (Å²) in [5.41, 5.74) is 4.13. The lowest BCUT2D eigenvalue weighted by atomic mass is 10.0. The molecule has 34 heavy (non-hydrogen) atoms. The maximum Gasteiger partial charge on any atom is 0.335 e. The summed E-state index contributed by atoms with van der Waals surface area (Å²) in [7, 11) is 0. The molecule has 0 aliphatic carbocycles. The Hall–Kier alpha value is -4.65. The minimum Gasteiger partial charge on any atom is -0.478 e. The van der Waals surface area contributed by atoms with Crippen molar-refractivity contribution >= 4 is 33.7 Å². The van der Waals surface area contributed by atoms with E-state index in [1.165, 1.54) is 12.1 Å². The predicted molar refractivity (Wildman–Crippen MR) is 128 cm³/mol. The van der Waals surface area contributed by atoms with Gasteiger partial charge in [-0.25, -0.2) is 4.79 Å². The molecule has 0 aliphatic rings. The third kappa shape index (κ3) is 4.19. The lowest BCUT2D eigenvalue weighted by Crippen LogP contribution is -2.23. The first-order chi connectivity index (χ1) is 16.5. The molecule has 0 saturated carbocycles. The summed E-state index contributed by atoms with van der Waals surface area (Å²) in [4.78, 5) is 40.0. The molecule has 0 radical (unpaired) electrons. The van der Waals surface area contributed by atoms with E-state index in [4.69, 9.17) is 9.52 Å². The van der Waals surface area contributed by atoms with Crippen molar-refractivity contribution in [2.24, 2.45) is 0 Å². The highest BCUT2D eigenvalue weighted by molar-refractivity contribution is 5.98. The van der Waals surface area contributed by atoms with Crippen molar-refractivity contribution in [3.8, 4) is 0 Å². The molecule has 7 heteroatoms. The van der Waals surface area contributed by atoms with Gasteiger partial charge in [-0.05, 0) is 59.7 Å². The van der Waals surface area contributed by atoms with Crippen LogP contribution < -0.4 is 10.7 Å². The minimum atomic E-state index is -0.997. The maximum atomic E-state index is 13.1. The molecule has 3 aromatic carbocycles. The fourth-order valence-electron chi connectivity index (χ4n) is 3.93. The number of H-pyrrole nitrogens is 1. The number of aromatic nitrogens is 1. The van der Waals surface area contributed by atoms with Gasteiger partial charge in [0.1, 0.15) is 5.58 Å². The maximum absolute atomic E-state index is 13.1. The topological polar surface area (TPSA) is 112 Å². The Kier molecular flexibility index (Phi) is 5.43. The molecular formula is C27H20N2O5. The van der Waals surface area contributed by atoms with Crippen molar-refractivity contribution in [1.29, 1.82) is 0 Å². The number of carbonyl (C=O) groups excluding carboxylic acids is 1. The Bertz CT molecular complexity index is 1600. The number of aromatic amines is 1. The number of benzene rings is 3. The molecule has 1 amide bonds. The van der Waals surface area contributed by atoms with E-state index >= 15 is 0 Å². The van der Waals surface area contributed by atoms with Crippen molar-refractivity contribution in [2.75, 3.05) is 0 Å². The monoisotopic (exact) mass is 452 g/mol. The first-order valence-electron chi connectivity index (χ1n) is 10.7. The van der Waals surface area contributed by atoms with E-state index in [9.17, 15) is 14.4 Å². The molecular weight excluding hydrogens is 432 g/mol. The van der Waals surface area contributed by atoms with Crippen LogP contribution in [-0.2, 0) is 13.0 Å². The van der Waals surface area contributed by atoms with Crippen LogP contribution in [0.2, 0.25) is 0 Å². The number of hydrogen-bond donors (Lipinski definition) is 3. The SMILES string of the molecule is O=C(O)c1ccc(Cc2c[nH]c3ccc(C(=O)NCc4ccc5occc5c4)cc3c2=O)cc1. The summed E-state index contributed by atoms with van der Waals surface area (Å²) in [6, 6.07) is 19.0. The Labute approximate surface area is 193 Å². The largest absolute Gasteiger partial charge is 0.478 e. The number of rotatable bonds is 6. The van der Waals surface area contributed by atoms with Gasteiger partial charge in [0, 0.05) is 46.6 Å². The summed E-state index contributed by atoms with van der Waals surface area (Å²) in [6.07, 6.45) is 3.62. The normalized spacial score (nSPS) is 11.1. The highest BCUT2D eigenvalue weighted by Gasteiger charge is 2.12. The van der Waals surface area contributed by atoms with E-state index in [1.54, 1.807) is 42.8 Å².